The van der Waals surface area contributed by atoms with Crippen LogP contribution >= 0.6 is 0 Å². The summed E-state index contributed by atoms with van der Waals surface area (Å²) in [6, 6.07) is 35.4. The van der Waals surface area contributed by atoms with Gasteiger partial charge in [-0.15, -0.1) is 22.1 Å². The Morgan fingerprint density at radius 1 is 0.284 bits per heavy atom. The number of hydrogen-bond acceptors (Lipinski definition) is 2. The van der Waals surface area contributed by atoms with Crippen LogP contribution in [0.4, 0.5) is 0 Å². The van der Waals surface area contributed by atoms with Gasteiger partial charge in [0.2, 0.25) is 22.8 Å². The van der Waals surface area contributed by atoms with Crippen molar-refractivity contribution in [2.45, 2.75) is 208 Å². The van der Waals surface area contributed by atoms with Crippen LogP contribution in [0.5, 0.6) is 0 Å². The average molecular weight is 1130 g/mol. The Labute approximate surface area is 496 Å². The van der Waals surface area contributed by atoms with E-state index in [2.05, 4.69) is 192 Å². The second-order valence-electron chi connectivity index (χ2n) is 22.6. The van der Waals surface area contributed by atoms with Gasteiger partial charge in [-0.2, -0.15) is 18.3 Å². The van der Waals surface area contributed by atoms with E-state index < -0.39 is 0 Å². The van der Waals surface area contributed by atoms with Gasteiger partial charge in [0.1, 0.15) is 26.2 Å². The van der Waals surface area contributed by atoms with E-state index in [1.807, 2.05) is 0 Å². The first kappa shape index (κ1) is 60.8. The zero-order valence-electron chi connectivity index (χ0n) is 49.6. The van der Waals surface area contributed by atoms with E-state index in [0.717, 1.165) is 142 Å². The predicted octanol–water partition coefficient (Wildman–Crippen LogP) is 17.2. The van der Waals surface area contributed by atoms with Gasteiger partial charge in [0.25, 0.3) is 0 Å². The molecule has 0 radical (unpaired) electrons. The molecule has 0 N–H and O–H groups in total. The van der Waals surface area contributed by atoms with E-state index in [0.29, 0.717) is 0 Å². The van der Waals surface area contributed by atoms with Crippen molar-refractivity contribution in [3.63, 3.8) is 0 Å². The molecule has 0 spiro atoms. The molecule has 0 saturated heterocycles. The largest absolute Gasteiger partial charge is 2.00 e. The van der Waals surface area contributed by atoms with Crippen molar-refractivity contribution in [2.75, 3.05) is 0 Å². The van der Waals surface area contributed by atoms with Crippen LogP contribution in [0.1, 0.15) is 205 Å². The van der Waals surface area contributed by atoms with Gasteiger partial charge in [-0.05, 0) is 74.3 Å². The summed E-state index contributed by atoms with van der Waals surface area (Å²) in [6.07, 6.45) is 47.7. The van der Waals surface area contributed by atoms with Gasteiger partial charge in [0.15, 0.2) is 24.8 Å². The Bertz CT molecular complexity index is 2900. The summed E-state index contributed by atoms with van der Waals surface area (Å²) < 4.78 is 9.77. The Morgan fingerprint density at radius 3 is 0.741 bits per heavy atom. The van der Waals surface area contributed by atoms with Crippen molar-refractivity contribution in [3.8, 4) is 45.0 Å². The smallest absolute Gasteiger partial charge is 0.656 e. The van der Waals surface area contributed by atoms with Gasteiger partial charge in [-0.3, -0.25) is 0 Å². The van der Waals surface area contributed by atoms with E-state index in [4.69, 9.17) is 19.9 Å². The average Bonchev–Trinajstić information content (AvgIpc) is 4.44. The molecule has 0 saturated carbocycles. The van der Waals surface area contributed by atoms with Crippen molar-refractivity contribution in [1.82, 2.24) is 19.9 Å². The minimum absolute atomic E-state index is 0. The minimum Gasteiger partial charge on any atom is -0.656 e. The number of nitrogens with zero attached hydrogens (tertiary/aromatic N) is 8. The standard InChI is InChI=1S/C72H92N8.Fe/c1-5-9-13-17-21-29-49-77-53-33-25-37-65(77)69-57-41-43-59(73-57)70(66-38-26-34-54-78(66)50-30-22-18-14-10-6-2)61-45-47-63(75-61)72(68-40-28-36-56-80(68)52-32-24-20-16-12-8-4)64-48-46-62(76-64)71(60-44-42-58(69)74-60)67-39-27-35-55-79(67)51-31-23-19-15-11-7-3;/h25-28,33-48,53-56H,5-24,29-32,49-52H2,1-4H3;/q2*+2. The summed E-state index contributed by atoms with van der Waals surface area (Å²) in [7, 11) is 0. The molecule has 9 rings (SSSR count). The third-order valence-corrected chi connectivity index (χ3v) is 16.4. The summed E-state index contributed by atoms with van der Waals surface area (Å²) in [4.78, 5) is 23.1. The quantitative estimate of drug-likeness (QED) is 0.0239. The Kier molecular flexibility index (Phi) is 24.3. The van der Waals surface area contributed by atoms with E-state index in [-0.39, 0.29) is 17.1 Å². The number of rotatable bonds is 32. The molecule has 0 fully saturated rings. The van der Waals surface area contributed by atoms with E-state index in [1.165, 1.54) is 128 Å². The summed E-state index contributed by atoms with van der Waals surface area (Å²) in [6.45, 7) is 12.9. The minimum atomic E-state index is 0. The topological polar surface area (TPSA) is 69.5 Å². The summed E-state index contributed by atoms with van der Waals surface area (Å²) >= 11 is 0. The van der Waals surface area contributed by atoms with E-state index >= 15 is 0 Å². The number of hydrogen-bond donors (Lipinski definition) is 0. The Balaban J connectivity index is 0.00000860. The zero-order valence-corrected chi connectivity index (χ0v) is 50.7. The van der Waals surface area contributed by atoms with Crippen molar-refractivity contribution in [3.05, 3.63) is 145 Å². The zero-order chi connectivity index (χ0) is 55.1. The maximum Gasteiger partial charge on any atom is 2.00 e. The number of pyridine rings is 4. The van der Waals surface area contributed by atoms with Gasteiger partial charge in [0.05, 0.1) is 45.0 Å². The van der Waals surface area contributed by atoms with Crippen molar-refractivity contribution >= 4 is 46.4 Å². The van der Waals surface area contributed by atoms with Gasteiger partial charge >= 0.3 is 17.1 Å². The van der Waals surface area contributed by atoms with Crippen molar-refractivity contribution in [2.24, 2.45) is 0 Å². The molecule has 8 nitrogen and oxygen atoms in total. The molecule has 8 bridgehead atoms. The Hall–Kier alpha value is -6.28. The SMILES string of the molecule is CCCCCCCC[n+]1ccccc1-c1c2nc(c(-c3cccc[n+]3CCCCCCCC)c3ccc([n-]3)c(-c3cccc[n+]3CCCCCCCC)c3nc(c(-c4cccc[n+]4CCCCCCCC)c4ccc1[n-]4)C=C3)C=C2.[Fe+2]. The van der Waals surface area contributed by atoms with E-state index in [9.17, 15) is 0 Å². The molecule has 0 aromatic carbocycles. The molecule has 2 aliphatic rings. The predicted molar refractivity (Wildman–Crippen MR) is 333 cm³/mol. The normalized spacial score (nSPS) is 11.9. The molecule has 424 valence electrons. The molecule has 9 heterocycles. The first-order valence-electron chi connectivity index (χ1n) is 31.6. The molecule has 7 aromatic rings. The molecule has 81 heavy (non-hydrogen) atoms. The number of aromatic nitrogens is 8. The number of unbranched alkanes of at least 4 members (excludes halogenated alkanes) is 20. The molecule has 0 unspecified atom stereocenters. The molecular formula is C72H92FeN8+4. The fourth-order valence-electron chi connectivity index (χ4n) is 12.0. The van der Waals surface area contributed by atoms with Gasteiger partial charge in [0, 0.05) is 74.2 Å². The van der Waals surface area contributed by atoms with Crippen LogP contribution in [-0.4, -0.2) is 9.97 Å². The third-order valence-electron chi connectivity index (χ3n) is 16.4. The van der Waals surface area contributed by atoms with Crippen LogP contribution in [0.3, 0.4) is 0 Å². The maximum atomic E-state index is 5.77. The fraction of sp³-hybridized carbons (Fsp3) is 0.444. The molecule has 7 aromatic heterocycles. The van der Waals surface area contributed by atoms with Crippen LogP contribution < -0.4 is 28.2 Å². The molecule has 0 aliphatic carbocycles. The number of fused-ring (bicyclic) bond motifs is 8. The van der Waals surface area contributed by atoms with Crippen LogP contribution in [0.25, 0.3) is 91.4 Å². The number of aryl methyl sites for hydroxylation is 4. The fourth-order valence-corrected chi connectivity index (χ4v) is 12.0. The molecule has 0 amide bonds. The first-order chi connectivity index (χ1) is 39.6. The van der Waals surface area contributed by atoms with Crippen molar-refractivity contribution < 1.29 is 35.3 Å². The maximum absolute atomic E-state index is 5.77. The Morgan fingerprint density at radius 2 is 0.506 bits per heavy atom. The first-order valence-corrected chi connectivity index (χ1v) is 31.6. The summed E-state index contributed by atoms with van der Waals surface area (Å²) in [5, 5.41) is 0. The summed E-state index contributed by atoms with van der Waals surface area (Å²) in [5.41, 5.74) is 15.8. The van der Waals surface area contributed by atoms with Crippen LogP contribution in [0.15, 0.2) is 122 Å². The second-order valence-corrected chi connectivity index (χ2v) is 22.6. The van der Waals surface area contributed by atoms with Gasteiger partial charge < -0.3 is 9.97 Å². The van der Waals surface area contributed by atoms with Crippen molar-refractivity contribution in [1.29, 1.82) is 0 Å². The molecular weight excluding hydrogens is 1030 g/mol. The third kappa shape index (κ3) is 16.0. The van der Waals surface area contributed by atoms with Gasteiger partial charge in [-0.1, -0.05) is 155 Å². The monoisotopic (exact) mass is 1120 g/mol. The van der Waals surface area contributed by atoms with Crippen LogP contribution in [-0.2, 0) is 43.2 Å². The molecule has 9 heteroatoms. The van der Waals surface area contributed by atoms with Crippen LogP contribution in [0, 0.1) is 0 Å². The van der Waals surface area contributed by atoms with Crippen LogP contribution in [0.2, 0.25) is 0 Å². The second kappa shape index (κ2) is 32.4. The van der Waals surface area contributed by atoms with E-state index in [1.54, 1.807) is 0 Å². The molecule has 0 atom stereocenters. The molecule has 2 aliphatic heterocycles. The summed E-state index contributed by atoms with van der Waals surface area (Å²) in [5.74, 6) is 0. The van der Waals surface area contributed by atoms with Gasteiger partial charge in [-0.25, -0.2) is 9.97 Å².